The van der Waals surface area contributed by atoms with E-state index in [0.29, 0.717) is 25.1 Å². The highest BCUT2D eigenvalue weighted by Gasteiger charge is 2.49. The third-order valence-corrected chi connectivity index (χ3v) is 8.55. The van der Waals surface area contributed by atoms with Crippen LogP contribution in [0, 0.1) is 6.92 Å². The number of rotatable bonds is 7. The van der Waals surface area contributed by atoms with Crippen molar-refractivity contribution in [2.24, 2.45) is 0 Å². The number of carbonyl (C=O) groups is 3. The first kappa shape index (κ1) is 30.8. The predicted molar refractivity (Wildman–Crippen MR) is 153 cm³/mol. The van der Waals surface area contributed by atoms with Crippen LogP contribution >= 0.6 is 0 Å². The van der Waals surface area contributed by atoms with E-state index in [1.165, 1.54) is 17.7 Å². The zero-order chi connectivity index (χ0) is 30.6. The number of piperazine rings is 1. The van der Waals surface area contributed by atoms with Gasteiger partial charge in [-0.1, -0.05) is 54.8 Å². The number of amides is 3. The summed E-state index contributed by atoms with van der Waals surface area (Å²) < 4.78 is 45.5. The van der Waals surface area contributed by atoms with Gasteiger partial charge in [-0.3, -0.25) is 14.5 Å². The number of nitrogens with zero attached hydrogens (tertiary/aromatic N) is 4. The third-order valence-electron chi connectivity index (χ3n) is 8.55. The maximum atomic E-state index is 13.9. The van der Waals surface area contributed by atoms with Crippen molar-refractivity contribution in [3.8, 4) is 0 Å². The number of benzene rings is 2. The van der Waals surface area contributed by atoms with E-state index >= 15 is 0 Å². The molecular weight excluding hydrogens is 561 g/mol. The summed E-state index contributed by atoms with van der Waals surface area (Å²) in [7, 11) is 0. The van der Waals surface area contributed by atoms with Gasteiger partial charge in [-0.2, -0.15) is 13.2 Å². The Morgan fingerprint density at radius 3 is 2.37 bits per heavy atom. The smallest absolute Gasteiger partial charge is 0.416 e. The summed E-state index contributed by atoms with van der Waals surface area (Å²) in [5, 5.41) is 0. The van der Waals surface area contributed by atoms with Crippen molar-refractivity contribution in [2.75, 3.05) is 32.7 Å². The van der Waals surface area contributed by atoms with E-state index in [1.807, 2.05) is 30.3 Å². The van der Waals surface area contributed by atoms with Crippen LogP contribution in [0.2, 0.25) is 0 Å². The fraction of sp³-hybridized carbons (Fsp3) is 0.531. The average molecular weight is 601 g/mol. The summed E-state index contributed by atoms with van der Waals surface area (Å²) in [6.07, 6.45) is -0.882. The summed E-state index contributed by atoms with van der Waals surface area (Å²) in [6.45, 7) is 4.37. The van der Waals surface area contributed by atoms with E-state index in [1.54, 1.807) is 22.8 Å². The van der Waals surface area contributed by atoms with Gasteiger partial charge < -0.3 is 19.4 Å². The summed E-state index contributed by atoms with van der Waals surface area (Å²) in [5.41, 5.74) is 0.769. The van der Waals surface area contributed by atoms with Crippen molar-refractivity contribution in [3.63, 3.8) is 0 Å². The van der Waals surface area contributed by atoms with Gasteiger partial charge in [0.25, 0.3) is 0 Å². The van der Waals surface area contributed by atoms with E-state index in [0.717, 1.165) is 43.6 Å². The minimum Gasteiger partial charge on any atom is -0.444 e. The lowest BCUT2D eigenvalue weighted by atomic mass is 10.0. The molecule has 0 N–H and O–H groups in total. The van der Waals surface area contributed by atoms with Gasteiger partial charge in [0.1, 0.15) is 18.8 Å². The van der Waals surface area contributed by atoms with Gasteiger partial charge in [0.05, 0.1) is 12.1 Å². The Kier molecular flexibility index (Phi) is 9.59. The Morgan fingerprint density at radius 1 is 0.953 bits per heavy atom. The van der Waals surface area contributed by atoms with Crippen molar-refractivity contribution in [1.82, 2.24) is 19.6 Å². The summed E-state index contributed by atoms with van der Waals surface area (Å²) >= 11 is 0. The molecule has 3 aliphatic heterocycles. The van der Waals surface area contributed by atoms with E-state index < -0.39 is 30.0 Å². The number of hydrogen-bond acceptors (Lipinski definition) is 5. The van der Waals surface area contributed by atoms with Crippen molar-refractivity contribution in [2.45, 2.75) is 77.0 Å². The lowest BCUT2D eigenvalue weighted by molar-refractivity contribution is -0.169. The van der Waals surface area contributed by atoms with Gasteiger partial charge >= 0.3 is 12.3 Å². The first-order valence-electron chi connectivity index (χ1n) is 15.1. The van der Waals surface area contributed by atoms with Crippen LogP contribution in [0.4, 0.5) is 18.0 Å². The number of hydrogen-bond donors (Lipinski definition) is 0. The van der Waals surface area contributed by atoms with Gasteiger partial charge in [-0.15, -0.1) is 0 Å². The van der Waals surface area contributed by atoms with Gasteiger partial charge in [-0.25, -0.2) is 4.79 Å². The molecule has 3 saturated heterocycles. The van der Waals surface area contributed by atoms with Crippen LogP contribution in [0.25, 0.3) is 0 Å². The van der Waals surface area contributed by atoms with Crippen molar-refractivity contribution in [1.29, 1.82) is 0 Å². The van der Waals surface area contributed by atoms with E-state index in [9.17, 15) is 27.6 Å². The lowest BCUT2D eigenvalue weighted by Crippen LogP contribution is -2.71. The number of alkyl halides is 3. The highest BCUT2D eigenvalue weighted by Crippen LogP contribution is 2.32. The first-order chi connectivity index (χ1) is 20.6. The topological polar surface area (TPSA) is 73.4 Å². The molecule has 2 aromatic carbocycles. The van der Waals surface area contributed by atoms with Crippen LogP contribution < -0.4 is 0 Å². The van der Waals surface area contributed by atoms with Crippen LogP contribution in [0.5, 0.6) is 0 Å². The molecule has 0 saturated carbocycles. The number of fused-ring (bicyclic) bond motifs is 1. The van der Waals surface area contributed by atoms with Gasteiger partial charge in [0, 0.05) is 26.1 Å². The average Bonchev–Trinajstić information content (AvgIpc) is 3.25. The Labute approximate surface area is 250 Å². The highest BCUT2D eigenvalue weighted by atomic mass is 19.4. The molecule has 0 spiro atoms. The summed E-state index contributed by atoms with van der Waals surface area (Å²) in [4.78, 5) is 47.7. The number of carbonyl (C=O) groups excluding carboxylic acids is 3. The normalized spacial score (nSPS) is 21.9. The maximum Gasteiger partial charge on any atom is 0.416 e. The molecule has 3 heterocycles. The molecule has 2 atom stereocenters. The van der Waals surface area contributed by atoms with Gasteiger partial charge in [0.2, 0.25) is 11.8 Å². The molecule has 3 amide bonds. The molecule has 43 heavy (non-hydrogen) atoms. The molecule has 0 aromatic heterocycles. The fourth-order valence-corrected chi connectivity index (χ4v) is 6.42. The Balaban J connectivity index is 1.35. The number of halogens is 3. The molecule has 5 rings (SSSR count). The van der Waals surface area contributed by atoms with Crippen LogP contribution in [-0.4, -0.2) is 82.4 Å². The quantitative estimate of drug-likeness (QED) is 0.438. The monoisotopic (exact) mass is 600 g/mol. The SMILES string of the molecule is Cc1cc(COC(=O)N2CCC(=O)N3[C@@H]2CN(Cc2ccccc2)C(=O)[C@@H]3CCN2CCCCCC2)cc(C(F)(F)F)c1. The second-order valence-corrected chi connectivity index (χ2v) is 11.7. The second-order valence-electron chi connectivity index (χ2n) is 11.7. The molecule has 11 heteroatoms. The molecule has 3 aliphatic rings. The molecule has 2 aromatic rings. The van der Waals surface area contributed by atoms with Crippen molar-refractivity contribution >= 4 is 17.9 Å². The summed E-state index contributed by atoms with van der Waals surface area (Å²) in [6, 6.07) is 12.4. The minimum absolute atomic E-state index is 0.0421. The molecule has 232 valence electrons. The molecule has 0 unspecified atom stereocenters. The zero-order valence-corrected chi connectivity index (χ0v) is 24.5. The molecule has 0 bridgehead atoms. The lowest BCUT2D eigenvalue weighted by Gasteiger charge is -2.52. The third kappa shape index (κ3) is 7.49. The van der Waals surface area contributed by atoms with Crippen LogP contribution in [0.3, 0.4) is 0 Å². The van der Waals surface area contributed by atoms with E-state index in [4.69, 9.17) is 4.74 Å². The second kappa shape index (κ2) is 13.4. The fourth-order valence-electron chi connectivity index (χ4n) is 6.42. The molecule has 8 nitrogen and oxygen atoms in total. The van der Waals surface area contributed by atoms with E-state index in [2.05, 4.69) is 4.90 Å². The standard InChI is InChI=1S/C32H39F3N4O4/c1-23-17-25(19-26(18-23)32(33,34)35)22-43-31(42)38-16-12-29(40)39-27(11-15-36-13-7-2-3-8-14-36)30(41)37(21-28(38)39)20-24-9-5-4-6-10-24/h4-6,9-10,17-19,27-28H,2-3,7-8,11-16,20-22H2,1H3/t27-,28+/m0/s1. The Hall–Kier alpha value is -3.60. The largest absolute Gasteiger partial charge is 0.444 e. The molecule has 3 fully saturated rings. The van der Waals surface area contributed by atoms with E-state index in [-0.39, 0.29) is 43.5 Å². The Bertz CT molecular complexity index is 1300. The number of ether oxygens (including phenoxy) is 1. The summed E-state index contributed by atoms with van der Waals surface area (Å²) in [5.74, 6) is -0.325. The minimum atomic E-state index is -4.52. The van der Waals surface area contributed by atoms with Gasteiger partial charge in [-0.05, 0) is 62.5 Å². The van der Waals surface area contributed by atoms with Crippen LogP contribution in [0.15, 0.2) is 48.5 Å². The first-order valence-corrected chi connectivity index (χ1v) is 15.1. The van der Waals surface area contributed by atoms with Gasteiger partial charge in [0.15, 0.2) is 0 Å². The predicted octanol–water partition coefficient (Wildman–Crippen LogP) is 5.19. The van der Waals surface area contributed by atoms with Crippen LogP contribution in [-0.2, 0) is 33.7 Å². The highest BCUT2D eigenvalue weighted by molar-refractivity contribution is 5.90. The number of aryl methyl sites for hydroxylation is 1. The van der Waals surface area contributed by atoms with Crippen LogP contribution in [0.1, 0.15) is 60.8 Å². The number of likely N-dealkylation sites (tertiary alicyclic amines) is 1. The maximum absolute atomic E-state index is 13.9. The molecule has 0 aliphatic carbocycles. The molecular formula is C32H39F3N4O4. The zero-order valence-electron chi connectivity index (χ0n) is 24.5. The molecule has 0 radical (unpaired) electrons. The van der Waals surface area contributed by atoms with Crippen molar-refractivity contribution < 1.29 is 32.3 Å². The van der Waals surface area contributed by atoms with Crippen molar-refractivity contribution in [3.05, 3.63) is 70.8 Å². The Morgan fingerprint density at radius 2 is 1.67 bits per heavy atom.